The normalized spacial score (nSPS) is 8.73. The minimum Gasteiger partial charge on any atom is -0.778 e. The summed E-state index contributed by atoms with van der Waals surface area (Å²) in [6.07, 6.45) is 0. The van der Waals surface area contributed by atoms with Crippen molar-refractivity contribution in [3.8, 4) is 0 Å². The molecule has 0 spiro atoms. The molecule has 0 unspecified atom stereocenters. The van der Waals surface area contributed by atoms with Gasteiger partial charge in [-0.25, -0.2) is 0 Å². The van der Waals surface area contributed by atoms with Gasteiger partial charge >= 0.3 is 21.1 Å². The average molecular weight is 593 g/mol. The van der Waals surface area contributed by atoms with Crippen molar-refractivity contribution in [2.75, 3.05) is 22.9 Å². The molecule has 0 aliphatic carbocycles. The van der Waals surface area contributed by atoms with Crippen LogP contribution in [0, 0.1) is 0 Å². The van der Waals surface area contributed by atoms with Crippen LogP contribution in [0.5, 0.6) is 0 Å². The molecule has 0 aliphatic rings. The maximum atomic E-state index is 5.42. The van der Waals surface area contributed by atoms with Gasteiger partial charge in [0.05, 0.1) is 0 Å². The Kier molecular flexibility index (Phi) is 15.9. The second-order valence-electron chi connectivity index (χ2n) is 6.15. The van der Waals surface area contributed by atoms with E-state index in [0.717, 1.165) is 19.6 Å². The summed E-state index contributed by atoms with van der Waals surface area (Å²) in [5, 5.41) is 0. The van der Waals surface area contributed by atoms with E-state index < -0.39 is 0 Å². The average Bonchev–Trinajstić information content (AvgIpc) is 2.78. The Morgan fingerprint density at radius 2 is 0.485 bits per heavy atom. The maximum Gasteiger partial charge on any atom is 4.00 e. The zero-order valence-electron chi connectivity index (χ0n) is 17.6. The van der Waals surface area contributed by atoms with Crippen LogP contribution in [0.3, 0.4) is 0 Å². The van der Waals surface area contributed by atoms with Crippen molar-refractivity contribution in [2.24, 2.45) is 0 Å². The van der Waals surface area contributed by atoms with Crippen LogP contribution in [0.25, 0.3) is 0 Å². The van der Waals surface area contributed by atoms with Crippen LogP contribution >= 0.6 is 0 Å². The van der Waals surface area contributed by atoms with Crippen LogP contribution in [0.2, 0.25) is 0 Å². The monoisotopic (exact) mass is 594 g/mol. The van der Waals surface area contributed by atoms with E-state index in [-0.39, 0.29) is 21.1 Å². The number of rotatable bonds is 0. The molecule has 33 heavy (non-hydrogen) atoms. The molecule has 9 heteroatoms. The summed E-state index contributed by atoms with van der Waals surface area (Å²) < 4.78 is 0. The van der Waals surface area contributed by atoms with Gasteiger partial charge in [-0.2, -0.15) is 19.6 Å². The fourth-order valence-electron chi connectivity index (χ4n) is 1.92. The minimum absolute atomic E-state index is 0. The zero-order chi connectivity index (χ0) is 23.9. The van der Waals surface area contributed by atoms with Crippen molar-refractivity contribution in [2.45, 2.75) is 19.6 Å². The van der Waals surface area contributed by atoms with Gasteiger partial charge in [0.2, 0.25) is 0 Å². The SMILES string of the molecule is Nc1ccccc1[S-].Nc1ccccc1[S-].Nc1ccccc1[S-].Nc1ccccc1[S-].[Mo+4]. The smallest absolute Gasteiger partial charge is 0.778 e. The van der Waals surface area contributed by atoms with E-state index in [0.29, 0.717) is 22.7 Å². The molecule has 8 N–H and O–H groups in total. The van der Waals surface area contributed by atoms with Crippen molar-refractivity contribution in [1.29, 1.82) is 0 Å². The molecule has 4 aromatic carbocycles. The summed E-state index contributed by atoms with van der Waals surface area (Å²) in [7, 11) is 0. The Hall–Kier alpha value is -2.35. The Bertz CT molecular complexity index is 839. The Morgan fingerprint density at radius 3 is 0.576 bits per heavy atom. The van der Waals surface area contributed by atoms with Crippen molar-refractivity contribution < 1.29 is 21.1 Å². The molecule has 0 amide bonds. The molecule has 4 rings (SSSR count). The van der Waals surface area contributed by atoms with E-state index in [1.54, 1.807) is 24.3 Å². The van der Waals surface area contributed by atoms with Crippen LogP contribution in [-0.2, 0) is 71.6 Å². The van der Waals surface area contributed by atoms with E-state index in [4.69, 9.17) is 73.4 Å². The van der Waals surface area contributed by atoms with Gasteiger partial charge in [-0.3, -0.25) is 0 Å². The molecule has 4 aromatic rings. The summed E-state index contributed by atoms with van der Waals surface area (Å²) in [6.45, 7) is 0. The van der Waals surface area contributed by atoms with Crippen molar-refractivity contribution in [3.05, 3.63) is 97.1 Å². The van der Waals surface area contributed by atoms with Gasteiger partial charge < -0.3 is 73.4 Å². The van der Waals surface area contributed by atoms with Crippen LogP contribution in [-0.4, -0.2) is 0 Å². The third kappa shape index (κ3) is 13.1. The summed E-state index contributed by atoms with van der Waals surface area (Å²) >= 11 is 19.3. The largest absolute Gasteiger partial charge is 4.00 e. The van der Waals surface area contributed by atoms with Gasteiger partial charge in [0.25, 0.3) is 0 Å². The molecule has 0 aliphatic heterocycles. The van der Waals surface area contributed by atoms with Gasteiger partial charge in [-0.15, -0.1) is 0 Å². The minimum atomic E-state index is 0. The molecule has 0 aromatic heterocycles. The topological polar surface area (TPSA) is 104 Å². The van der Waals surface area contributed by atoms with Gasteiger partial charge in [0.1, 0.15) is 0 Å². The van der Waals surface area contributed by atoms with Gasteiger partial charge in [0, 0.05) is 22.7 Å². The number of benzene rings is 4. The standard InChI is InChI=1S/4C6H7NS.Mo/c4*7-5-3-1-2-4-6(5)8;/h4*1-4,8H,7H2;/q;;;;+4/p-4. The first-order valence-electron chi connectivity index (χ1n) is 9.28. The first-order chi connectivity index (χ1) is 15.2. The predicted molar refractivity (Wildman–Crippen MR) is 146 cm³/mol. The molecule has 0 radical (unpaired) electrons. The van der Waals surface area contributed by atoms with E-state index in [1.165, 1.54) is 0 Å². The predicted octanol–water partition coefficient (Wildman–Crippen LogP) is 4.70. The van der Waals surface area contributed by atoms with Crippen molar-refractivity contribution in [1.82, 2.24) is 0 Å². The molecule has 0 fully saturated rings. The molecular weight excluding hydrogens is 569 g/mol. The Labute approximate surface area is 232 Å². The summed E-state index contributed by atoms with van der Waals surface area (Å²) in [6, 6.07) is 29.4. The number of para-hydroxylation sites is 4. The van der Waals surface area contributed by atoms with Crippen LogP contribution < -0.4 is 22.9 Å². The fraction of sp³-hybridized carbons (Fsp3) is 0. The molecule has 0 atom stereocenters. The number of nitrogens with two attached hydrogens (primary N) is 4. The van der Waals surface area contributed by atoms with Gasteiger partial charge in [-0.05, 0) is 24.3 Å². The fourth-order valence-corrected chi connectivity index (χ4v) is 2.51. The molecule has 0 saturated carbocycles. The first kappa shape index (κ1) is 30.6. The summed E-state index contributed by atoms with van der Waals surface area (Å²) in [4.78, 5) is 2.92. The quantitative estimate of drug-likeness (QED) is 0.132. The second kappa shape index (κ2) is 17.2. The van der Waals surface area contributed by atoms with Crippen LogP contribution in [0.4, 0.5) is 22.7 Å². The Morgan fingerprint density at radius 1 is 0.333 bits per heavy atom. The molecule has 4 nitrogen and oxygen atoms in total. The van der Waals surface area contributed by atoms with Gasteiger partial charge in [-0.1, -0.05) is 72.8 Å². The molecule has 0 saturated heterocycles. The number of hydrogen-bond acceptors (Lipinski definition) is 8. The number of hydrogen-bond donors (Lipinski definition) is 4. The summed E-state index contributed by atoms with van der Waals surface area (Å²) in [5.74, 6) is 0. The zero-order valence-corrected chi connectivity index (χ0v) is 22.9. The van der Waals surface area contributed by atoms with Crippen LogP contribution in [0.1, 0.15) is 0 Å². The van der Waals surface area contributed by atoms with Crippen LogP contribution in [0.15, 0.2) is 117 Å². The second-order valence-corrected chi connectivity index (χ2v) is 7.91. The van der Waals surface area contributed by atoms with E-state index >= 15 is 0 Å². The molecular formula is C24H24MoN4S4. The maximum absolute atomic E-state index is 5.42. The van der Waals surface area contributed by atoms with Crippen molar-refractivity contribution >= 4 is 73.3 Å². The first-order valence-corrected chi connectivity index (χ1v) is 10.9. The third-order valence-electron chi connectivity index (χ3n) is 3.68. The summed E-state index contributed by atoms with van der Waals surface area (Å²) in [5.41, 5.74) is 24.4. The van der Waals surface area contributed by atoms with E-state index in [1.807, 2.05) is 72.8 Å². The van der Waals surface area contributed by atoms with E-state index in [2.05, 4.69) is 0 Å². The molecule has 170 valence electrons. The Balaban J connectivity index is 0.000000410. The third-order valence-corrected chi connectivity index (χ3v) is 5.16. The number of anilines is 4. The van der Waals surface area contributed by atoms with E-state index in [9.17, 15) is 0 Å². The molecule has 0 bridgehead atoms. The van der Waals surface area contributed by atoms with Gasteiger partial charge in [0.15, 0.2) is 0 Å². The molecule has 0 heterocycles. The van der Waals surface area contributed by atoms with Crippen molar-refractivity contribution in [3.63, 3.8) is 0 Å². The number of nitrogen functional groups attached to an aromatic ring is 4.